The molecule has 1 saturated heterocycles. The number of nitrogens with zero attached hydrogens (tertiary/aromatic N) is 2. The van der Waals surface area contributed by atoms with Crippen LogP contribution < -0.4 is 0 Å². The molecule has 2 N–H and O–H groups in total. The van der Waals surface area contributed by atoms with Gasteiger partial charge in [-0.05, 0) is 19.3 Å². The summed E-state index contributed by atoms with van der Waals surface area (Å²) in [5, 5.41) is 18.1. The van der Waals surface area contributed by atoms with E-state index in [1.165, 1.54) is 18.9 Å². The molecule has 1 heterocycles. The summed E-state index contributed by atoms with van der Waals surface area (Å²) in [7, 11) is 1.47. The van der Waals surface area contributed by atoms with E-state index in [4.69, 9.17) is 5.11 Å². The van der Waals surface area contributed by atoms with Crippen molar-refractivity contribution in [2.45, 2.75) is 32.4 Å². The fraction of sp³-hybridized carbons (Fsp3) is 0.818. The predicted molar refractivity (Wildman–Crippen MR) is 61.6 cm³/mol. The van der Waals surface area contributed by atoms with Crippen LogP contribution in [0.1, 0.15) is 20.3 Å². The SMILES string of the molecule is CC1CCN(C(=O)N(C)C(C)C(=O)O)C1CO. The summed E-state index contributed by atoms with van der Waals surface area (Å²) in [6.45, 7) is 3.94. The van der Waals surface area contributed by atoms with Gasteiger partial charge in [0.25, 0.3) is 0 Å². The minimum Gasteiger partial charge on any atom is -0.480 e. The van der Waals surface area contributed by atoms with Crippen LogP contribution in [0, 0.1) is 5.92 Å². The summed E-state index contributed by atoms with van der Waals surface area (Å²) in [6.07, 6.45) is 0.840. The van der Waals surface area contributed by atoms with Crippen LogP contribution in [0.15, 0.2) is 0 Å². The maximum Gasteiger partial charge on any atom is 0.326 e. The second-order valence-corrected chi connectivity index (χ2v) is 4.62. The number of carbonyl (C=O) groups is 2. The molecule has 17 heavy (non-hydrogen) atoms. The predicted octanol–water partition coefficient (Wildman–Crippen LogP) is 0.214. The van der Waals surface area contributed by atoms with Crippen molar-refractivity contribution in [1.29, 1.82) is 0 Å². The molecule has 6 heteroatoms. The number of hydrogen-bond acceptors (Lipinski definition) is 3. The lowest BCUT2D eigenvalue weighted by atomic mass is 10.0. The molecule has 6 nitrogen and oxygen atoms in total. The molecule has 3 atom stereocenters. The number of aliphatic hydroxyl groups is 1. The normalized spacial score (nSPS) is 25.8. The molecule has 0 aromatic rings. The number of likely N-dealkylation sites (N-methyl/N-ethyl adjacent to an activating group) is 1. The van der Waals surface area contributed by atoms with Crippen LogP contribution in [-0.2, 0) is 4.79 Å². The van der Waals surface area contributed by atoms with Gasteiger partial charge in [-0.15, -0.1) is 0 Å². The lowest BCUT2D eigenvalue weighted by Gasteiger charge is -2.31. The van der Waals surface area contributed by atoms with Gasteiger partial charge in [0.1, 0.15) is 6.04 Å². The van der Waals surface area contributed by atoms with E-state index in [-0.39, 0.29) is 24.6 Å². The Kier molecular flexibility index (Phi) is 4.34. The maximum atomic E-state index is 12.1. The van der Waals surface area contributed by atoms with E-state index in [0.29, 0.717) is 6.54 Å². The first-order chi connectivity index (χ1) is 7.90. The lowest BCUT2D eigenvalue weighted by Crippen LogP contribution is -2.50. The van der Waals surface area contributed by atoms with Crippen LogP contribution in [0.4, 0.5) is 4.79 Å². The molecule has 0 bridgehead atoms. The zero-order valence-corrected chi connectivity index (χ0v) is 10.5. The van der Waals surface area contributed by atoms with Crippen LogP contribution in [0.5, 0.6) is 0 Å². The number of aliphatic hydroxyl groups excluding tert-OH is 1. The van der Waals surface area contributed by atoms with Gasteiger partial charge >= 0.3 is 12.0 Å². The fourth-order valence-corrected chi connectivity index (χ4v) is 2.06. The van der Waals surface area contributed by atoms with Crippen molar-refractivity contribution in [2.24, 2.45) is 5.92 Å². The minimum absolute atomic E-state index is 0.0812. The van der Waals surface area contributed by atoms with E-state index in [1.807, 2.05) is 6.92 Å². The zero-order chi connectivity index (χ0) is 13.2. The number of rotatable bonds is 3. The smallest absolute Gasteiger partial charge is 0.326 e. The van der Waals surface area contributed by atoms with Crippen molar-refractivity contribution in [3.05, 3.63) is 0 Å². The zero-order valence-electron chi connectivity index (χ0n) is 10.5. The topological polar surface area (TPSA) is 81.1 Å². The largest absolute Gasteiger partial charge is 0.480 e. The van der Waals surface area contributed by atoms with Gasteiger partial charge in [0.15, 0.2) is 0 Å². The molecule has 0 radical (unpaired) electrons. The maximum absolute atomic E-state index is 12.1. The van der Waals surface area contributed by atoms with Crippen molar-refractivity contribution in [2.75, 3.05) is 20.2 Å². The Hall–Kier alpha value is -1.30. The Morgan fingerprint density at radius 3 is 2.59 bits per heavy atom. The van der Waals surface area contributed by atoms with Crippen molar-refractivity contribution in [3.63, 3.8) is 0 Å². The van der Waals surface area contributed by atoms with E-state index >= 15 is 0 Å². The third-order valence-corrected chi connectivity index (χ3v) is 3.56. The molecule has 0 saturated carbocycles. The Morgan fingerprint density at radius 1 is 1.53 bits per heavy atom. The van der Waals surface area contributed by atoms with Gasteiger partial charge in [0, 0.05) is 13.6 Å². The Bertz CT molecular complexity index is 308. The molecule has 1 fully saturated rings. The number of carboxylic acid groups (broad SMARTS) is 1. The standard InChI is InChI=1S/C11H20N2O4/c1-7-4-5-13(9(7)6-14)11(17)12(3)8(2)10(15)16/h7-9,14H,4-6H2,1-3H3,(H,15,16). The highest BCUT2D eigenvalue weighted by molar-refractivity contribution is 5.82. The molecule has 0 spiro atoms. The summed E-state index contributed by atoms with van der Waals surface area (Å²) in [4.78, 5) is 25.7. The number of likely N-dealkylation sites (tertiary alicyclic amines) is 1. The Morgan fingerprint density at radius 2 is 2.12 bits per heavy atom. The summed E-state index contributed by atoms with van der Waals surface area (Å²) in [6, 6.07) is -1.40. The van der Waals surface area contributed by atoms with E-state index < -0.39 is 12.0 Å². The van der Waals surface area contributed by atoms with E-state index in [9.17, 15) is 14.7 Å². The molecule has 1 rings (SSSR count). The summed E-state index contributed by atoms with van der Waals surface area (Å²) in [5.74, 6) is -0.786. The van der Waals surface area contributed by atoms with Crippen LogP contribution in [0.2, 0.25) is 0 Å². The van der Waals surface area contributed by atoms with Gasteiger partial charge in [-0.1, -0.05) is 6.92 Å². The monoisotopic (exact) mass is 244 g/mol. The third-order valence-electron chi connectivity index (χ3n) is 3.56. The molecule has 0 aromatic heterocycles. The molecular formula is C11H20N2O4. The minimum atomic E-state index is -1.03. The van der Waals surface area contributed by atoms with Crippen molar-refractivity contribution < 1.29 is 19.8 Å². The van der Waals surface area contributed by atoms with Gasteiger partial charge in [-0.3, -0.25) is 0 Å². The van der Waals surface area contributed by atoms with Crippen LogP contribution >= 0.6 is 0 Å². The quantitative estimate of drug-likeness (QED) is 0.744. The molecule has 2 amide bonds. The molecule has 98 valence electrons. The van der Waals surface area contributed by atoms with E-state index in [2.05, 4.69) is 0 Å². The number of amides is 2. The molecule has 1 aliphatic heterocycles. The first-order valence-corrected chi connectivity index (χ1v) is 5.77. The molecule has 1 aliphatic rings. The molecule has 0 aliphatic carbocycles. The van der Waals surface area contributed by atoms with E-state index in [1.54, 1.807) is 4.90 Å². The average Bonchev–Trinajstić information content (AvgIpc) is 2.67. The van der Waals surface area contributed by atoms with E-state index in [0.717, 1.165) is 6.42 Å². The second-order valence-electron chi connectivity index (χ2n) is 4.62. The molecular weight excluding hydrogens is 224 g/mol. The van der Waals surface area contributed by atoms with Crippen molar-refractivity contribution in [1.82, 2.24) is 9.80 Å². The number of hydrogen-bond donors (Lipinski definition) is 2. The van der Waals surface area contributed by atoms with Gasteiger partial charge in [0.05, 0.1) is 12.6 Å². The lowest BCUT2D eigenvalue weighted by molar-refractivity contribution is -0.141. The van der Waals surface area contributed by atoms with Crippen LogP contribution in [0.25, 0.3) is 0 Å². The average molecular weight is 244 g/mol. The second kappa shape index (κ2) is 5.35. The summed E-state index contributed by atoms with van der Waals surface area (Å²) < 4.78 is 0. The highest BCUT2D eigenvalue weighted by atomic mass is 16.4. The third kappa shape index (κ3) is 2.69. The van der Waals surface area contributed by atoms with Gasteiger partial charge in [-0.2, -0.15) is 0 Å². The van der Waals surface area contributed by atoms with Crippen molar-refractivity contribution in [3.8, 4) is 0 Å². The Balaban J connectivity index is 2.73. The number of aliphatic carboxylic acids is 1. The number of carboxylic acids is 1. The van der Waals surface area contributed by atoms with Gasteiger partial charge < -0.3 is 20.0 Å². The van der Waals surface area contributed by atoms with Crippen LogP contribution in [0.3, 0.4) is 0 Å². The molecule has 3 unspecified atom stereocenters. The van der Waals surface area contributed by atoms with Gasteiger partial charge in [0.2, 0.25) is 0 Å². The first-order valence-electron chi connectivity index (χ1n) is 5.77. The summed E-state index contributed by atoms with van der Waals surface area (Å²) in [5.41, 5.74) is 0. The van der Waals surface area contributed by atoms with Gasteiger partial charge in [-0.25, -0.2) is 9.59 Å². The highest BCUT2D eigenvalue weighted by Gasteiger charge is 2.37. The fourth-order valence-electron chi connectivity index (χ4n) is 2.06. The highest BCUT2D eigenvalue weighted by Crippen LogP contribution is 2.24. The molecule has 0 aromatic carbocycles. The Labute approximate surface area is 101 Å². The first kappa shape index (κ1) is 13.8. The van der Waals surface area contributed by atoms with Crippen molar-refractivity contribution >= 4 is 12.0 Å². The number of carbonyl (C=O) groups excluding carboxylic acids is 1. The van der Waals surface area contributed by atoms with Crippen LogP contribution in [-0.4, -0.2) is 64.3 Å². The number of urea groups is 1. The summed E-state index contributed by atoms with van der Waals surface area (Å²) >= 11 is 0.